The van der Waals surface area contributed by atoms with Crippen molar-refractivity contribution >= 4 is 11.6 Å². The molecule has 1 amide bonds. The smallest absolute Gasteiger partial charge is 0.256 e. The molecule has 1 N–H and O–H groups in total. The number of aryl methyl sites for hydroxylation is 4. The molecule has 148 valence electrons. The number of nitrogens with one attached hydrogen (secondary N) is 1. The van der Waals surface area contributed by atoms with Gasteiger partial charge in [-0.3, -0.25) is 4.79 Å². The first kappa shape index (κ1) is 20.1. The summed E-state index contributed by atoms with van der Waals surface area (Å²) in [6.07, 6.45) is 3.39. The van der Waals surface area contributed by atoms with Crippen molar-refractivity contribution in [2.24, 2.45) is 5.92 Å². The molecule has 0 atom stereocenters. The predicted octanol–water partition coefficient (Wildman–Crippen LogP) is 4.33. The van der Waals surface area contributed by atoms with E-state index in [9.17, 15) is 4.79 Å². The van der Waals surface area contributed by atoms with Crippen LogP contribution in [0.4, 0.5) is 0 Å². The monoisotopic (exact) mass is 378 g/mol. The Bertz CT molecular complexity index is 1020. The van der Waals surface area contributed by atoms with Crippen LogP contribution in [-0.4, -0.2) is 27.0 Å². The van der Waals surface area contributed by atoms with Crippen molar-refractivity contribution in [3.05, 3.63) is 63.6 Å². The maximum absolute atomic E-state index is 12.6. The van der Waals surface area contributed by atoms with Crippen molar-refractivity contribution in [1.29, 1.82) is 0 Å². The summed E-state index contributed by atoms with van der Waals surface area (Å²) in [5, 5.41) is 7.44. The lowest BCUT2D eigenvalue weighted by molar-refractivity contribution is 0.0953. The molecule has 3 aromatic rings. The molecule has 0 radical (unpaired) electrons. The van der Waals surface area contributed by atoms with Crippen LogP contribution in [0.1, 0.15) is 64.3 Å². The molecule has 2 heterocycles. The number of rotatable bonds is 6. The standard InChI is InChI=1S/C23H30N4O/c1-14(2)9-10-24-23(28)21-13-25-27-18(6)20(17(5)26-22(21)27)12-19-11-15(3)7-8-16(19)4/h7-8,11,13-14H,9-10,12H2,1-6H3,(H,24,28). The predicted molar refractivity (Wildman–Crippen MR) is 113 cm³/mol. The molecule has 28 heavy (non-hydrogen) atoms. The van der Waals surface area contributed by atoms with Gasteiger partial charge in [-0.15, -0.1) is 0 Å². The lowest BCUT2D eigenvalue weighted by atomic mass is 9.97. The molecule has 0 saturated carbocycles. The van der Waals surface area contributed by atoms with Crippen LogP contribution < -0.4 is 5.32 Å². The van der Waals surface area contributed by atoms with Gasteiger partial charge in [0.2, 0.25) is 0 Å². The Balaban J connectivity index is 1.93. The fraction of sp³-hybridized carbons (Fsp3) is 0.435. The molecule has 0 spiro atoms. The Kier molecular flexibility index (Phi) is 5.82. The van der Waals surface area contributed by atoms with Crippen molar-refractivity contribution in [2.45, 2.75) is 54.4 Å². The molecular weight excluding hydrogens is 348 g/mol. The summed E-state index contributed by atoms with van der Waals surface area (Å²) >= 11 is 0. The molecule has 0 aliphatic heterocycles. The Hall–Kier alpha value is -2.69. The second-order valence-corrected chi connectivity index (χ2v) is 8.10. The van der Waals surface area contributed by atoms with E-state index in [4.69, 9.17) is 4.98 Å². The molecule has 5 heteroatoms. The number of amides is 1. The topological polar surface area (TPSA) is 59.3 Å². The van der Waals surface area contributed by atoms with E-state index in [1.807, 2.05) is 6.92 Å². The number of carbonyl (C=O) groups is 1. The van der Waals surface area contributed by atoms with Crippen LogP contribution in [0.5, 0.6) is 0 Å². The van der Waals surface area contributed by atoms with Crippen molar-refractivity contribution in [1.82, 2.24) is 19.9 Å². The van der Waals surface area contributed by atoms with E-state index in [1.165, 1.54) is 16.7 Å². The summed E-state index contributed by atoms with van der Waals surface area (Å²) in [7, 11) is 0. The first-order valence-corrected chi connectivity index (χ1v) is 9.96. The van der Waals surface area contributed by atoms with Crippen LogP contribution in [0.15, 0.2) is 24.4 Å². The average Bonchev–Trinajstić information content (AvgIpc) is 3.05. The zero-order valence-electron chi connectivity index (χ0n) is 17.8. The van der Waals surface area contributed by atoms with Crippen molar-refractivity contribution in [3.63, 3.8) is 0 Å². The highest BCUT2D eigenvalue weighted by molar-refractivity contribution is 5.99. The minimum Gasteiger partial charge on any atom is -0.352 e. The van der Waals surface area contributed by atoms with Gasteiger partial charge in [-0.1, -0.05) is 37.6 Å². The SMILES string of the molecule is Cc1ccc(C)c(Cc2c(C)nc3c(C(=O)NCCC(C)C)cnn3c2C)c1. The largest absolute Gasteiger partial charge is 0.352 e. The van der Waals surface area contributed by atoms with Crippen LogP contribution in [0.2, 0.25) is 0 Å². The number of benzene rings is 1. The second kappa shape index (κ2) is 8.13. The summed E-state index contributed by atoms with van der Waals surface area (Å²) in [5.41, 5.74) is 8.13. The van der Waals surface area contributed by atoms with Crippen molar-refractivity contribution < 1.29 is 4.79 Å². The van der Waals surface area contributed by atoms with Crippen LogP contribution >= 0.6 is 0 Å². The summed E-state index contributed by atoms with van der Waals surface area (Å²) in [5.74, 6) is 0.448. The Morgan fingerprint density at radius 2 is 1.93 bits per heavy atom. The summed E-state index contributed by atoms with van der Waals surface area (Å²) < 4.78 is 1.80. The van der Waals surface area contributed by atoms with E-state index in [0.29, 0.717) is 23.7 Å². The molecule has 2 aromatic heterocycles. The quantitative estimate of drug-likeness (QED) is 0.694. The zero-order chi connectivity index (χ0) is 20.4. The number of nitrogens with zero attached hydrogens (tertiary/aromatic N) is 3. The highest BCUT2D eigenvalue weighted by Crippen LogP contribution is 2.22. The molecule has 0 aliphatic rings. The van der Waals surface area contributed by atoms with E-state index < -0.39 is 0 Å². The molecule has 3 rings (SSSR count). The van der Waals surface area contributed by atoms with Crippen molar-refractivity contribution in [2.75, 3.05) is 6.54 Å². The van der Waals surface area contributed by atoms with Gasteiger partial charge in [-0.2, -0.15) is 5.10 Å². The van der Waals surface area contributed by atoms with Gasteiger partial charge < -0.3 is 5.32 Å². The lowest BCUT2D eigenvalue weighted by Crippen LogP contribution is -2.25. The third-order valence-electron chi connectivity index (χ3n) is 5.33. The van der Waals surface area contributed by atoms with E-state index in [2.05, 4.69) is 63.2 Å². The zero-order valence-corrected chi connectivity index (χ0v) is 17.8. The molecule has 0 unspecified atom stereocenters. The van der Waals surface area contributed by atoms with E-state index in [0.717, 1.165) is 29.8 Å². The highest BCUT2D eigenvalue weighted by atomic mass is 16.1. The molecule has 0 aliphatic carbocycles. The van der Waals surface area contributed by atoms with Crippen LogP contribution in [0, 0.1) is 33.6 Å². The number of carbonyl (C=O) groups excluding carboxylic acids is 1. The Morgan fingerprint density at radius 1 is 1.18 bits per heavy atom. The fourth-order valence-corrected chi connectivity index (χ4v) is 3.48. The number of aromatic nitrogens is 3. The Labute approximate surface area is 167 Å². The van der Waals surface area contributed by atoms with E-state index in [-0.39, 0.29) is 5.91 Å². The van der Waals surface area contributed by atoms with Gasteiger partial charge in [0, 0.05) is 24.4 Å². The van der Waals surface area contributed by atoms with Gasteiger partial charge >= 0.3 is 0 Å². The summed E-state index contributed by atoms with van der Waals surface area (Å²) in [6.45, 7) is 13.3. The van der Waals surface area contributed by atoms with Crippen molar-refractivity contribution in [3.8, 4) is 0 Å². The van der Waals surface area contributed by atoms with Gasteiger partial charge in [-0.05, 0) is 56.7 Å². The first-order chi connectivity index (χ1) is 13.3. The second-order valence-electron chi connectivity index (χ2n) is 8.10. The van der Waals surface area contributed by atoms with Gasteiger partial charge in [0.25, 0.3) is 5.91 Å². The minimum atomic E-state index is -0.107. The van der Waals surface area contributed by atoms with Crippen LogP contribution in [-0.2, 0) is 6.42 Å². The normalized spacial score (nSPS) is 11.4. The maximum Gasteiger partial charge on any atom is 0.256 e. The van der Waals surface area contributed by atoms with Gasteiger partial charge in [0.1, 0.15) is 5.56 Å². The lowest BCUT2D eigenvalue weighted by Gasteiger charge is -2.14. The third kappa shape index (κ3) is 4.08. The number of fused-ring (bicyclic) bond motifs is 1. The first-order valence-electron chi connectivity index (χ1n) is 9.96. The van der Waals surface area contributed by atoms with Crippen LogP contribution in [0.3, 0.4) is 0 Å². The molecule has 5 nitrogen and oxygen atoms in total. The highest BCUT2D eigenvalue weighted by Gasteiger charge is 2.18. The molecule has 0 bridgehead atoms. The molecule has 0 fully saturated rings. The van der Waals surface area contributed by atoms with Gasteiger partial charge in [-0.25, -0.2) is 9.50 Å². The average molecular weight is 379 g/mol. The van der Waals surface area contributed by atoms with Gasteiger partial charge in [0.05, 0.1) is 6.20 Å². The third-order valence-corrected chi connectivity index (χ3v) is 5.33. The molecular formula is C23H30N4O. The van der Waals surface area contributed by atoms with Gasteiger partial charge in [0.15, 0.2) is 5.65 Å². The number of hydrogen-bond donors (Lipinski definition) is 1. The number of hydrogen-bond acceptors (Lipinski definition) is 3. The van der Waals surface area contributed by atoms with E-state index >= 15 is 0 Å². The molecule has 1 aromatic carbocycles. The maximum atomic E-state index is 12.6. The van der Waals surface area contributed by atoms with E-state index in [1.54, 1.807) is 10.7 Å². The molecule has 0 saturated heterocycles. The Morgan fingerprint density at radius 3 is 2.64 bits per heavy atom. The fourth-order valence-electron chi connectivity index (χ4n) is 3.48. The minimum absolute atomic E-state index is 0.107. The summed E-state index contributed by atoms with van der Waals surface area (Å²) in [4.78, 5) is 17.3. The van der Waals surface area contributed by atoms with Crippen LogP contribution in [0.25, 0.3) is 5.65 Å². The summed E-state index contributed by atoms with van der Waals surface area (Å²) in [6, 6.07) is 6.53.